The maximum absolute atomic E-state index is 13.1. The minimum absolute atomic E-state index is 0.0883. The van der Waals surface area contributed by atoms with Crippen molar-refractivity contribution >= 4 is 29.3 Å². The zero-order chi connectivity index (χ0) is 14.4. The van der Waals surface area contributed by atoms with E-state index in [-0.39, 0.29) is 23.7 Å². The number of nitrogens with one attached hydrogen (secondary N) is 2. The topological polar surface area (TPSA) is 98.7 Å². The maximum Gasteiger partial charge on any atom is 0.326 e. The van der Waals surface area contributed by atoms with E-state index in [0.29, 0.717) is 0 Å². The largest absolute Gasteiger partial charge is 0.480 e. The molecular weight excluding hydrogens is 279 g/mol. The van der Waals surface area contributed by atoms with Crippen LogP contribution < -0.4 is 10.6 Å². The number of carbonyl (C=O) groups is 2. The number of carbonyl (C=O) groups excluding carboxylic acids is 1. The summed E-state index contributed by atoms with van der Waals surface area (Å²) in [5.41, 5.74) is 0.132. The molecule has 1 aromatic carbocycles. The van der Waals surface area contributed by atoms with Gasteiger partial charge in [-0.1, -0.05) is 11.6 Å². The standard InChI is InChI=1S/C11H12ClFN2O4/c12-7-2-1-6(5-8(7)13)14-11(19)15-9(3-4-16)10(17)18/h1-2,5,9,16H,3-4H2,(H,17,18)(H2,14,15,19). The van der Waals surface area contributed by atoms with Crippen molar-refractivity contribution in [2.45, 2.75) is 12.5 Å². The van der Waals surface area contributed by atoms with Gasteiger partial charge in [-0.15, -0.1) is 0 Å². The van der Waals surface area contributed by atoms with Gasteiger partial charge in [0.2, 0.25) is 0 Å². The Kier molecular flexibility index (Phi) is 5.53. The first-order valence-corrected chi connectivity index (χ1v) is 5.68. The summed E-state index contributed by atoms with van der Waals surface area (Å²) in [6.07, 6.45) is -0.127. The van der Waals surface area contributed by atoms with E-state index >= 15 is 0 Å². The summed E-state index contributed by atoms with van der Waals surface area (Å²) in [5, 5.41) is 21.7. The molecule has 1 atom stereocenters. The first-order valence-electron chi connectivity index (χ1n) is 5.30. The molecule has 0 aliphatic carbocycles. The molecule has 0 aliphatic rings. The molecule has 1 aromatic rings. The predicted molar refractivity (Wildman–Crippen MR) is 66.7 cm³/mol. The first kappa shape index (κ1) is 15.2. The third-order valence-corrected chi connectivity index (χ3v) is 2.51. The van der Waals surface area contributed by atoms with E-state index in [1.165, 1.54) is 12.1 Å². The van der Waals surface area contributed by atoms with Gasteiger partial charge in [-0.25, -0.2) is 14.0 Å². The molecule has 8 heteroatoms. The number of rotatable bonds is 5. The quantitative estimate of drug-likeness (QED) is 0.659. The number of hydrogen-bond acceptors (Lipinski definition) is 3. The van der Waals surface area contributed by atoms with Crippen LogP contribution in [0.2, 0.25) is 5.02 Å². The van der Waals surface area contributed by atoms with Gasteiger partial charge in [0.1, 0.15) is 11.9 Å². The van der Waals surface area contributed by atoms with Gasteiger partial charge >= 0.3 is 12.0 Å². The number of hydrogen-bond donors (Lipinski definition) is 4. The van der Waals surface area contributed by atoms with Crippen LogP contribution in [-0.4, -0.2) is 34.9 Å². The molecule has 1 unspecified atom stereocenters. The van der Waals surface area contributed by atoms with Crippen LogP contribution in [0, 0.1) is 5.82 Å². The molecule has 0 bridgehead atoms. The van der Waals surface area contributed by atoms with Crippen molar-refractivity contribution in [3.8, 4) is 0 Å². The average Bonchev–Trinajstić information content (AvgIpc) is 2.33. The number of halogens is 2. The summed E-state index contributed by atoms with van der Waals surface area (Å²) in [6.45, 7) is -0.382. The fourth-order valence-electron chi connectivity index (χ4n) is 1.29. The molecule has 1 rings (SSSR count). The third kappa shape index (κ3) is 4.72. The van der Waals surface area contributed by atoms with Crippen LogP contribution >= 0.6 is 11.6 Å². The summed E-state index contributed by atoms with van der Waals surface area (Å²) in [6, 6.07) is 1.59. The van der Waals surface area contributed by atoms with E-state index in [1.807, 2.05) is 0 Å². The second-order valence-electron chi connectivity index (χ2n) is 3.63. The van der Waals surface area contributed by atoms with Crippen LogP contribution in [0.1, 0.15) is 6.42 Å². The van der Waals surface area contributed by atoms with Crippen LogP contribution in [0.4, 0.5) is 14.9 Å². The highest BCUT2D eigenvalue weighted by Gasteiger charge is 2.19. The Bertz CT molecular complexity index is 484. The van der Waals surface area contributed by atoms with E-state index in [9.17, 15) is 14.0 Å². The molecule has 6 nitrogen and oxygen atoms in total. The summed E-state index contributed by atoms with van der Waals surface area (Å²) in [7, 11) is 0. The molecule has 0 aromatic heterocycles. The zero-order valence-corrected chi connectivity index (χ0v) is 10.4. The minimum Gasteiger partial charge on any atom is -0.480 e. The van der Waals surface area contributed by atoms with E-state index in [4.69, 9.17) is 21.8 Å². The number of carboxylic acid groups (broad SMARTS) is 1. The first-order chi connectivity index (χ1) is 8.93. The second kappa shape index (κ2) is 6.91. The lowest BCUT2D eigenvalue weighted by atomic mass is 10.2. The van der Waals surface area contributed by atoms with Crippen molar-refractivity contribution in [1.29, 1.82) is 0 Å². The molecule has 4 N–H and O–H groups in total. The molecule has 0 saturated heterocycles. The fourth-order valence-corrected chi connectivity index (χ4v) is 1.40. The summed E-state index contributed by atoms with van der Waals surface area (Å²) >= 11 is 5.48. The van der Waals surface area contributed by atoms with E-state index in [2.05, 4.69) is 10.6 Å². The number of amides is 2. The Morgan fingerprint density at radius 1 is 1.42 bits per heavy atom. The summed E-state index contributed by atoms with van der Waals surface area (Å²) < 4.78 is 13.1. The van der Waals surface area contributed by atoms with E-state index < -0.39 is 23.9 Å². The third-order valence-electron chi connectivity index (χ3n) is 2.20. The summed E-state index contributed by atoms with van der Waals surface area (Å²) in [4.78, 5) is 22.2. The molecule has 0 spiro atoms. The number of carboxylic acids is 1. The van der Waals surface area contributed by atoms with Crippen LogP contribution in [0.3, 0.4) is 0 Å². The van der Waals surface area contributed by atoms with Gasteiger partial charge in [0.05, 0.1) is 5.02 Å². The SMILES string of the molecule is O=C(Nc1ccc(Cl)c(F)c1)NC(CCO)C(=O)O. The lowest BCUT2D eigenvalue weighted by Gasteiger charge is -2.14. The molecule has 0 fully saturated rings. The number of aliphatic hydroxyl groups excluding tert-OH is 1. The number of aliphatic carboxylic acids is 1. The average molecular weight is 291 g/mol. The molecule has 19 heavy (non-hydrogen) atoms. The highest BCUT2D eigenvalue weighted by atomic mass is 35.5. The highest BCUT2D eigenvalue weighted by Crippen LogP contribution is 2.18. The molecule has 2 amide bonds. The fraction of sp³-hybridized carbons (Fsp3) is 0.273. The van der Waals surface area contributed by atoms with Crippen molar-refractivity contribution in [3.05, 3.63) is 29.0 Å². The van der Waals surface area contributed by atoms with Crippen LogP contribution in [-0.2, 0) is 4.79 Å². The zero-order valence-electron chi connectivity index (χ0n) is 9.69. The number of anilines is 1. The Labute approximate surface area is 113 Å². The van der Waals surface area contributed by atoms with Crippen LogP contribution in [0.25, 0.3) is 0 Å². The smallest absolute Gasteiger partial charge is 0.326 e. The maximum atomic E-state index is 13.1. The molecule has 0 saturated carbocycles. The Morgan fingerprint density at radius 3 is 2.63 bits per heavy atom. The van der Waals surface area contributed by atoms with Crippen molar-refractivity contribution in [1.82, 2.24) is 5.32 Å². The van der Waals surface area contributed by atoms with Gasteiger partial charge in [-0.3, -0.25) is 0 Å². The van der Waals surface area contributed by atoms with Crippen molar-refractivity contribution in [2.75, 3.05) is 11.9 Å². The Hall–Kier alpha value is -1.86. The normalized spacial score (nSPS) is 11.7. The highest BCUT2D eigenvalue weighted by molar-refractivity contribution is 6.30. The number of benzene rings is 1. The Morgan fingerprint density at radius 2 is 2.11 bits per heavy atom. The molecule has 0 aliphatic heterocycles. The van der Waals surface area contributed by atoms with Gasteiger partial charge in [-0.2, -0.15) is 0 Å². The number of urea groups is 1. The monoisotopic (exact) mass is 290 g/mol. The van der Waals surface area contributed by atoms with Crippen LogP contribution in [0.15, 0.2) is 18.2 Å². The van der Waals surface area contributed by atoms with E-state index in [0.717, 1.165) is 6.07 Å². The molecule has 104 valence electrons. The van der Waals surface area contributed by atoms with Gasteiger partial charge in [-0.05, 0) is 18.2 Å². The van der Waals surface area contributed by atoms with Crippen molar-refractivity contribution in [3.63, 3.8) is 0 Å². The van der Waals surface area contributed by atoms with Crippen molar-refractivity contribution in [2.24, 2.45) is 0 Å². The second-order valence-corrected chi connectivity index (χ2v) is 4.04. The predicted octanol–water partition coefficient (Wildman–Crippen LogP) is 1.44. The lowest BCUT2D eigenvalue weighted by Crippen LogP contribution is -2.43. The molecule has 0 radical (unpaired) electrons. The summed E-state index contributed by atoms with van der Waals surface area (Å²) in [5.74, 6) is -1.98. The number of aliphatic hydroxyl groups is 1. The lowest BCUT2D eigenvalue weighted by molar-refractivity contribution is -0.139. The van der Waals surface area contributed by atoms with Gasteiger partial charge in [0.15, 0.2) is 0 Å². The van der Waals surface area contributed by atoms with Crippen LogP contribution in [0.5, 0.6) is 0 Å². The van der Waals surface area contributed by atoms with E-state index in [1.54, 1.807) is 0 Å². The van der Waals surface area contributed by atoms with Gasteiger partial charge in [0.25, 0.3) is 0 Å². The molecule has 0 heterocycles. The minimum atomic E-state index is -1.27. The van der Waals surface area contributed by atoms with Gasteiger partial charge < -0.3 is 20.8 Å². The molecular formula is C11H12ClFN2O4. The Balaban J connectivity index is 2.63. The van der Waals surface area contributed by atoms with Gasteiger partial charge in [0, 0.05) is 18.7 Å². The van der Waals surface area contributed by atoms with Crippen molar-refractivity contribution < 1.29 is 24.2 Å².